The predicted molar refractivity (Wildman–Crippen MR) is 143 cm³/mol. The summed E-state index contributed by atoms with van der Waals surface area (Å²) in [5.41, 5.74) is 2.77. The molecule has 0 spiro atoms. The Hall–Kier alpha value is -2.87. The lowest BCUT2D eigenvalue weighted by Gasteiger charge is -2.37. The zero-order chi connectivity index (χ0) is 25.5. The van der Waals surface area contributed by atoms with Gasteiger partial charge >= 0.3 is 0 Å². The number of amides is 2. The molecule has 2 heterocycles. The van der Waals surface area contributed by atoms with Crippen molar-refractivity contribution in [3.63, 3.8) is 0 Å². The second kappa shape index (κ2) is 12.4. The van der Waals surface area contributed by atoms with Gasteiger partial charge in [0.25, 0.3) is 5.91 Å². The van der Waals surface area contributed by atoms with Crippen LogP contribution in [0.4, 0.5) is 0 Å². The number of methoxy groups -OCH3 is 1. The van der Waals surface area contributed by atoms with Crippen LogP contribution < -0.4 is 4.74 Å². The third kappa shape index (κ3) is 6.46. The SMILES string of the molecule is COCCCN(CC(=O)N1CCc2sccc2C1COc1ccc(Cl)cc1)C(=O)c1ccc(C)cc1. The maximum atomic E-state index is 13.7. The van der Waals surface area contributed by atoms with E-state index in [1.165, 1.54) is 4.88 Å². The number of rotatable bonds is 10. The van der Waals surface area contributed by atoms with Crippen molar-refractivity contribution in [2.75, 3.05) is 40.0 Å². The molecule has 0 saturated carbocycles. The van der Waals surface area contributed by atoms with Gasteiger partial charge in [-0.1, -0.05) is 29.3 Å². The topological polar surface area (TPSA) is 59.1 Å². The average Bonchev–Trinajstić information content (AvgIpc) is 3.37. The minimum atomic E-state index is -0.224. The fourth-order valence-electron chi connectivity index (χ4n) is 4.37. The highest BCUT2D eigenvalue weighted by molar-refractivity contribution is 7.10. The zero-order valence-electron chi connectivity index (χ0n) is 20.6. The van der Waals surface area contributed by atoms with Crippen molar-refractivity contribution >= 4 is 34.8 Å². The van der Waals surface area contributed by atoms with Crippen molar-refractivity contribution < 1.29 is 19.1 Å². The van der Waals surface area contributed by atoms with Gasteiger partial charge in [-0.15, -0.1) is 11.3 Å². The Kier molecular flexibility index (Phi) is 9.02. The quantitative estimate of drug-likeness (QED) is 0.332. The molecule has 2 amide bonds. The van der Waals surface area contributed by atoms with Gasteiger partial charge in [0.2, 0.25) is 5.91 Å². The first kappa shape index (κ1) is 26.2. The number of benzene rings is 2. The summed E-state index contributed by atoms with van der Waals surface area (Å²) in [4.78, 5) is 31.7. The van der Waals surface area contributed by atoms with E-state index in [0.29, 0.717) is 49.1 Å². The summed E-state index contributed by atoms with van der Waals surface area (Å²) in [6.45, 7) is 3.86. The average molecular weight is 527 g/mol. The Balaban J connectivity index is 1.51. The lowest BCUT2D eigenvalue weighted by molar-refractivity contribution is -0.135. The normalized spacial score (nSPS) is 14.9. The molecule has 36 heavy (non-hydrogen) atoms. The van der Waals surface area contributed by atoms with Crippen LogP contribution in [0.25, 0.3) is 0 Å². The lowest BCUT2D eigenvalue weighted by atomic mass is 10.0. The summed E-state index contributed by atoms with van der Waals surface area (Å²) < 4.78 is 11.3. The number of fused-ring (bicyclic) bond motifs is 1. The second-order valence-corrected chi connectivity index (χ2v) is 10.3. The first-order chi connectivity index (χ1) is 17.5. The summed E-state index contributed by atoms with van der Waals surface area (Å²) in [7, 11) is 1.63. The van der Waals surface area contributed by atoms with Crippen LogP contribution >= 0.6 is 22.9 Å². The third-order valence-corrected chi connectivity index (χ3v) is 7.57. The number of hydrogen-bond donors (Lipinski definition) is 0. The molecule has 0 radical (unpaired) electrons. The number of halogens is 1. The number of thiophene rings is 1. The molecule has 1 unspecified atom stereocenters. The van der Waals surface area contributed by atoms with E-state index in [9.17, 15) is 9.59 Å². The van der Waals surface area contributed by atoms with Gasteiger partial charge in [-0.25, -0.2) is 0 Å². The van der Waals surface area contributed by atoms with E-state index in [1.807, 2.05) is 48.2 Å². The maximum Gasteiger partial charge on any atom is 0.254 e. The molecular formula is C28H31ClN2O4S. The molecule has 1 aliphatic rings. The van der Waals surface area contributed by atoms with Crippen molar-refractivity contribution in [1.29, 1.82) is 0 Å². The van der Waals surface area contributed by atoms with Gasteiger partial charge in [0.15, 0.2) is 0 Å². The number of hydrogen-bond acceptors (Lipinski definition) is 5. The van der Waals surface area contributed by atoms with Gasteiger partial charge in [0, 0.05) is 42.3 Å². The van der Waals surface area contributed by atoms with Gasteiger partial charge in [-0.05, 0) is 73.2 Å². The summed E-state index contributed by atoms with van der Waals surface area (Å²) in [5.74, 6) is 0.459. The van der Waals surface area contributed by atoms with Gasteiger partial charge in [-0.2, -0.15) is 0 Å². The van der Waals surface area contributed by atoms with Crippen LogP contribution in [0.2, 0.25) is 5.02 Å². The Morgan fingerprint density at radius 1 is 1.11 bits per heavy atom. The van der Waals surface area contributed by atoms with E-state index in [2.05, 4.69) is 11.4 Å². The highest BCUT2D eigenvalue weighted by Crippen LogP contribution is 2.34. The van der Waals surface area contributed by atoms with E-state index in [1.54, 1.807) is 35.5 Å². The number of ether oxygens (including phenoxy) is 2. The minimum Gasteiger partial charge on any atom is -0.491 e. The van der Waals surface area contributed by atoms with Crippen molar-refractivity contribution in [1.82, 2.24) is 9.80 Å². The van der Waals surface area contributed by atoms with Crippen LogP contribution in [-0.2, 0) is 16.0 Å². The van der Waals surface area contributed by atoms with E-state index in [-0.39, 0.29) is 24.4 Å². The molecule has 0 N–H and O–H groups in total. The van der Waals surface area contributed by atoms with E-state index < -0.39 is 0 Å². The van der Waals surface area contributed by atoms with Crippen molar-refractivity contribution in [3.8, 4) is 5.75 Å². The summed E-state index contributed by atoms with van der Waals surface area (Å²) in [6.07, 6.45) is 1.45. The molecule has 0 saturated heterocycles. The number of nitrogens with zero attached hydrogens (tertiary/aromatic N) is 2. The molecule has 1 atom stereocenters. The number of carbonyl (C=O) groups excluding carboxylic acids is 2. The van der Waals surface area contributed by atoms with Gasteiger partial charge in [-0.3, -0.25) is 9.59 Å². The van der Waals surface area contributed by atoms with Gasteiger partial charge in [0.05, 0.1) is 6.04 Å². The van der Waals surface area contributed by atoms with Crippen molar-refractivity contribution in [3.05, 3.63) is 86.6 Å². The standard InChI is InChI=1S/C28H31ClN2O4S/c1-20-4-6-21(7-5-20)28(33)30(14-3-16-34-2)18-27(32)31-15-12-26-24(13-17-36-26)25(31)19-35-23-10-8-22(29)9-11-23/h4-11,13,17,25H,3,12,14-16,18-19H2,1-2H3. The molecule has 0 bridgehead atoms. The number of aryl methyl sites for hydroxylation is 1. The maximum absolute atomic E-state index is 13.7. The zero-order valence-corrected chi connectivity index (χ0v) is 22.2. The first-order valence-electron chi connectivity index (χ1n) is 12.0. The molecule has 1 aromatic heterocycles. The minimum absolute atomic E-state index is 0.00728. The Bertz CT molecular complexity index is 1160. The van der Waals surface area contributed by atoms with Crippen molar-refractivity contribution in [2.45, 2.75) is 25.8 Å². The highest BCUT2D eigenvalue weighted by atomic mass is 35.5. The molecule has 0 aliphatic carbocycles. The lowest BCUT2D eigenvalue weighted by Crippen LogP contribution is -2.48. The molecule has 2 aromatic carbocycles. The van der Waals surface area contributed by atoms with Crippen LogP contribution in [0.3, 0.4) is 0 Å². The fraction of sp³-hybridized carbons (Fsp3) is 0.357. The van der Waals surface area contributed by atoms with E-state index in [4.69, 9.17) is 21.1 Å². The molecule has 3 aromatic rings. The first-order valence-corrected chi connectivity index (χ1v) is 13.3. The molecule has 8 heteroatoms. The highest BCUT2D eigenvalue weighted by Gasteiger charge is 2.33. The number of carbonyl (C=O) groups is 2. The van der Waals surface area contributed by atoms with Crippen LogP contribution in [-0.4, -0.2) is 61.6 Å². The van der Waals surface area contributed by atoms with Gasteiger partial charge in [0.1, 0.15) is 18.9 Å². The Morgan fingerprint density at radius 2 is 1.86 bits per heavy atom. The summed E-state index contributed by atoms with van der Waals surface area (Å²) in [5, 5.41) is 2.70. The van der Waals surface area contributed by atoms with E-state index >= 15 is 0 Å². The monoisotopic (exact) mass is 526 g/mol. The summed E-state index contributed by atoms with van der Waals surface area (Å²) >= 11 is 7.71. The Labute approximate surface area is 221 Å². The molecular weight excluding hydrogens is 496 g/mol. The Morgan fingerprint density at radius 3 is 2.58 bits per heavy atom. The molecule has 6 nitrogen and oxygen atoms in total. The van der Waals surface area contributed by atoms with Crippen molar-refractivity contribution in [2.24, 2.45) is 0 Å². The van der Waals surface area contributed by atoms with E-state index in [0.717, 1.165) is 17.5 Å². The third-order valence-electron chi connectivity index (χ3n) is 6.33. The predicted octanol–water partition coefficient (Wildman–Crippen LogP) is 5.39. The van der Waals surface area contributed by atoms with Crippen LogP contribution in [0.1, 0.15) is 38.8 Å². The molecule has 1 aliphatic heterocycles. The molecule has 190 valence electrons. The largest absolute Gasteiger partial charge is 0.491 e. The summed E-state index contributed by atoms with van der Waals surface area (Å²) in [6, 6.07) is 16.5. The molecule has 4 rings (SSSR count). The van der Waals surface area contributed by atoms with Crippen LogP contribution in [0.5, 0.6) is 5.75 Å². The second-order valence-electron chi connectivity index (χ2n) is 8.86. The smallest absolute Gasteiger partial charge is 0.254 e. The van der Waals surface area contributed by atoms with Gasteiger partial charge < -0.3 is 19.3 Å². The van der Waals surface area contributed by atoms with Crippen LogP contribution in [0, 0.1) is 6.92 Å². The molecule has 0 fully saturated rings. The van der Waals surface area contributed by atoms with Crippen LogP contribution in [0.15, 0.2) is 60.0 Å². The fourth-order valence-corrected chi connectivity index (χ4v) is 5.42.